The molecule has 4 nitrogen and oxygen atoms in total. The van der Waals surface area contributed by atoms with E-state index in [0.717, 1.165) is 18.0 Å². The van der Waals surface area contributed by atoms with Crippen molar-refractivity contribution >= 4 is 67.7 Å². The molecule has 0 N–H and O–H groups in total. The number of hydrogen-bond acceptors (Lipinski definition) is 3. The zero-order valence-corrected chi connectivity index (χ0v) is 33.7. The van der Waals surface area contributed by atoms with Gasteiger partial charge in [0.25, 0.3) is 0 Å². The molecule has 55 heavy (non-hydrogen) atoms. The number of rotatable bonds is 6. The van der Waals surface area contributed by atoms with Crippen LogP contribution in [0, 0.1) is 0 Å². The third kappa shape index (κ3) is 5.77. The van der Waals surface area contributed by atoms with Crippen molar-refractivity contribution < 1.29 is 0 Å². The molecule has 0 spiro atoms. The molecule has 0 radical (unpaired) electrons. The molecule has 9 rings (SSSR count). The fourth-order valence-electron chi connectivity index (χ4n) is 8.75. The van der Waals surface area contributed by atoms with Crippen LogP contribution in [0.5, 0.6) is 0 Å². The van der Waals surface area contributed by atoms with Crippen LogP contribution in [0.2, 0.25) is 0 Å². The molecule has 0 aliphatic carbocycles. The summed E-state index contributed by atoms with van der Waals surface area (Å²) in [7, 11) is -2.93. The summed E-state index contributed by atoms with van der Waals surface area (Å²) in [6.45, 7) is 14.5. The van der Waals surface area contributed by atoms with E-state index in [1.807, 2.05) is 6.20 Å². The first-order valence-electron chi connectivity index (χ1n) is 19.4. The molecule has 1 aliphatic heterocycles. The van der Waals surface area contributed by atoms with Crippen molar-refractivity contribution in [3.05, 3.63) is 176 Å². The van der Waals surface area contributed by atoms with Gasteiger partial charge >= 0.3 is 0 Å². The van der Waals surface area contributed by atoms with E-state index in [2.05, 4.69) is 220 Å². The van der Waals surface area contributed by atoms with Gasteiger partial charge in [0.1, 0.15) is 5.82 Å². The van der Waals surface area contributed by atoms with Gasteiger partial charge in [0, 0.05) is 28.2 Å². The van der Waals surface area contributed by atoms with Crippen molar-refractivity contribution in [1.29, 1.82) is 0 Å². The maximum atomic E-state index is 5.02. The quantitative estimate of drug-likeness (QED) is 0.126. The average Bonchev–Trinajstić information content (AvgIpc) is 3.76. The molecule has 272 valence electrons. The summed E-state index contributed by atoms with van der Waals surface area (Å²) in [4.78, 5) is 10.0. The van der Waals surface area contributed by atoms with Gasteiger partial charge in [0.2, 0.25) is 0 Å². The van der Waals surface area contributed by atoms with Crippen molar-refractivity contribution in [2.24, 2.45) is 0 Å². The van der Waals surface area contributed by atoms with E-state index < -0.39 is 8.07 Å². The van der Waals surface area contributed by atoms with Crippen LogP contribution < -0.4 is 30.5 Å². The Kier molecular flexibility index (Phi) is 8.32. The zero-order valence-electron chi connectivity index (χ0n) is 32.7. The largest absolute Gasteiger partial charge is 0.347 e. The molecule has 0 saturated carbocycles. The standard InChI is InChI=1S/C50H48N4Si/c1-49(2,3)36-30-31-51-48(32-36)54-44-25-14-13-24-42(44)43-29-28-41(34-47(43)54)55(38-19-9-7-10-20-38,39-21-11-8-12-22-39)40-23-17-18-37(33-40)52-35-53(50(4,5)6)46-27-16-15-26-45(46)52/h7-34H,35H2,1-6H3. The van der Waals surface area contributed by atoms with Gasteiger partial charge in [0.15, 0.2) is 8.07 Å². The van der Waals surface area contributed by atoms with Crippen LogP contribution in [0.4, 0.5) is 17.1 Å². The van der Waals surface area contributed by atoms with Crippen LogP contribution in [0.1, 0.15) is 47.1 Å². The molecule has 0 fully saturated rings. The van der Waals surface area contributed by atoms with Gasteiger partial charge in [0.05, 0.1) is 29.1 Å². The molecule has 0 bridgehead atoms. The summed E-state index contributed by atoms with van der Waals surface area (Å²) in [5.41, 5.74) is 7.30. The zero-order chi connectivity index (χ0) is 38.0. The molecule has 6 aromatic carbocycles. The number of fused-ring (bicyclic) bond motifs is 4. The maximum absolute atomic E-state index is 5.02. The smallest absolute Gasteiger partial charge is 0.179 e. The van der Waals surface area contributed by atoms with Gasteiger partial charge in [-0.05, 0) is 101 Å². The minimum absolute atomic E-state index is 0.00488. The third-order valence-corrected chi connectivity index (χ3v) is 16.3. The Bertz CT molecular complexity index is 2630. The highest BCUT2D eigenvalue weighted by Crippen LogP contribution is 2.43. The second-order valence-corrected chi connectivity index (χ2v) is 20.7. The van der Waals surface area contributed by atoms with E-state index in [4.69, 9.17) is 4.98 Å². The van der Waals surface area contributed by atoms with E-state index in [-0.39, 0.29) is 11.0 Å². The number of pyridine rings is 1. The first-order chi connectivity index (χ1) is 26.5. The van der Waals surface area contributed by atoms with Gasteiger partial charge < -0.3 is 9.80 Å². The van der Waals surface area contributed by atoms with Crippen molar-refractivity contribution in [1.82, 2.24) is 9.55 Å². The Balaban J connectivity index is 1.33. The molecule has 1 aliphatic rings. The highest BCUT2D eigenvalue weighted by atomic mass is 28.3. The molecule has 2 aromatic heterocycles. The maximum Gasteiger partial charge on any atom is 0.179 e. The number of hydrogen-bond donors (Lipinski definition) is 0. The number of nitrogens with zero attached hydrogens (tertiary/aromatic N) is 4. The van der Waals surface area contributed by atoms with E-state index in [0.29, 0.717) is 0 Å². The van der Waals surface area contributed by atoms with Crippen molar-refractivity contribution in [2.45, 2.75) is 52.5 Å². The highest BCUT2D eigenvalue weighted by molar-refractivity contribution is 7.20. The monoisotopic (exact) mass is 732 g/mol. The van der Waals surface area contributed by atoms with Gasteiger partial charge in [-0.1, -0.05) is 136 Å². The van der Waals surface area contributed by atoms with Crippen molar-refractivity contribution in [3.63, 3.8) is 0 Å². The lowest BCUT2D eigenvalue weighted by atomic mass is 9.88. The number of benzene rings is 6. The second-order valence-electron chi connectivity index (χ2n) is 16.9. The first kappa shape index (κ1) is 34.8. The molecule has 0 unspecified atom stereocenters. The Morgan fingerprint density at radius 2 is 1.11 bits per heavy atom. The highest BCUT2D eigenvalue weighted by Gasteiger charge is 2.43. The Labute approximate surface area is 326 Å². The topological polar surface area (TPSA) is 24.3 Å². The van der Waals surface area contributed by atoms with Crippen molar-refractivity contribution in [2.75, 3.05) is 16.5 Å². The van der Waals surface area contributed by atoms with E-state index in [1.165, 1.54) is 59.7 Å². The molecular weight excluding hydrogens is 685 g/mol. The number of para-hydroxylation sites is 3. The van der Waals surface area contributed by atoms with Crippen LogP contribution in [0.3, 0.4) is 0 Å². The second kappa shape index (κ2) is 13.1. The molecule has 0 saturated heterocycles. The predicted octanol–water partition coefficient (Wildman–Crippen LogP) is 9.57. The molecular formula is C50H48N4Si. The predicted molar refractivity (Wildman–Crippen MR) is 237 cm³/mol. The minimum atomic E-state index is -2.93. The molecule has 0 amide bonds. The summed E-state index contributed by atoms with van der Waals surface area (Å²) in [6, 6.07) is 61.3. The van der Waals surface area contributed by atoms with Crippen LogP contribution in [-0.2, 0) is 5.41 Å². The van der Waals surface area contributed by atoms with E-state index in [9.17, 15) is 0 Å². The van der Waals surface area contributed by atoms with E-state index >= 15 is 0 Å². The fraction of sp³-hybridized carbons (Fsp3) is 0.180. The van der Waals surface area contributed by atoms with E-state index in [1.54, 1.807) is 0 Å². The molecule has 0 atom stereocenters. The summed E-state index contributed by atoms with van der Waals surface area (Å²) >= 11 is 0. The van der Waals surface area contributed by atoms with Gasteiger partial charge in [-0.2, -0.15) is 0 Å². The van der Waals surface area contributed by atoms with Crippen LogP contribution in [0.15, 0.2) is 170 Å². The Morgan fingerprint density at radius 1 is 0.509 bits per heavy atom. The summed E-state index contributed by atoms with van der Waals surface area (Å²) in [5, 5.41) is 7.86. The molecule has 3 heterocycles. The average molecular weight is 733 g/mol. The van der Waals surface area contributed by atoms with Gasteiger partial charge in [-0.15, -0.1) is 0 Å². The molecule has 5 heteroatoms. The summed E-state index contributed by atoms with van der Waals surface area (Å²) in [6.07, 6.45) is 1.97. The van der Waals surface area contributed by atoms with Crippen LogP contribution in [-0.4, -0.2) is 29.8 Å². The Hall–Kier alpha value is -5.91. The Morgan fingerprint density at radius 3 is 1.80 bits per heavy atom. The molecule has 8 aromatic rings. The SMILES string of the molecule is CC(C)(C)c1ccnc(-n2c3ccccc3c3ccc([Si](c4ccccc4)(c4ccccc4)c4cccc(N5CN(C(C)(C)C)c6ccccc65)c4)cc32)c1. The van der Waals surface area contributed by atoms with Crippen LogP contribution in [0.25, 0.3) is 27.6 Å². The van der Waals surface area contributed by atoms with Gasteiger partial charge in [-0.25, -0.2) is 4.98 Å². The lowest BCUT2D eigenvalue weighted by molar-refractivity contribution is 0.518. The number of aromatic nitrogens is 2. The normalized spacial score (nSPS) is 13.5. The third-order valence-electron chi connectivity index (χ3n) is 11.5. The number of anilines is 3. The lowest BCUT2D eigenvalue weighted by Gasteiger charge is -2.36. The van der Waals surface area contributed by atoms with Gasteiger partial charge in [-0.3, -0.25) is 4.57 Å². The lowest BCUT2D eigenvalue weighted by Crippen LogP contribution is -2.74. The fourth-order valence-corrected chi connectivity index (χ4v) is 13.5. The first-order valence-corrected chi connectivity index (χ1v) is 21.4. The summed E-state index contributed by atoms with van der Waals surface area (Å²) < 4.78 is 2.39. The van der Waals surface area contributed by atoms with Crippen LogP contribution >= 0.6 is 0 Å². The minimum Gasteiger partial charge on any atom is -0.347 e. The summed E-state index contributed by atoms with van der Waals surface area (Å²) in [5.74, 6) is 0.945. The van der Waals surface area contributed by atoms with Crippen molar-refractivity contribution in [3.8, 4) is 5.82 Å².